The Balaban J connectivity index is 1.55. The molecule has 0 bridgehead atoms. The van der Waals surface area contributed by atoms with Gasteiger partial charge in [-0.2, -0.15) is 0 Å². The summed E-state index contributed by atoms with van der Waals surface area (Å²) < 4.78 is 0. The van der Waals surface area contributed by atoms with Crippen molar-refractivity contribution in [2.45, 2.75) is 119 Å². The molecule has 31 heavy (non-hydrogen) atoms. The van der Waals surface area contributed by atoms with Gasteiger partial charge in [-0.15, -0.1) is 0 Å². The summed E-state index contributed by atoms with van der Waals surface area (Å²) in [7, 11) is 0. The van der Waals surface area contributed by atoms with E-state index < -0.39 is 0 Å². The van der Waals surface area contributed by atoms with Crippen molar-refractivity contribution in [2.75, 3.05) is 0 Å². The van der Waals surface area contributed by atoms with Crippen LogP contribution in [0.15, 0.2) is 11.6 Å². The molecule has 0 unspecified atom stereocenters. The van der Waals surface area contributed by atoms with E-state index in [1.54, 1.807) is 5.57 Å². The van der Waals surface area contributed by atoms with Crippen molar-refractivity contribution in [3.63, 3.8) is 0 Å². The molecule has 0 aliphatic heterocycles. The van der Waals surface area contributed by atoms with Gasteiger partial charge in [0.25, 0.3) is 0 Å². The highest BCUT2D eigenvalue weighted by Gasteiger charge is 2.69. The van der Waals surface area contributed by atoms with Crippen molar-refractivity contribution >= 4 is 0 Å². The maximum Gasteiger partial charge on any atom is 0.0594 e. The zero-order chi connectivity index (χ0) is 22.6. The van der Waals surface area contributed by atoms with E-state index in [2.05, 4.69) is 61.5 Å². The van der Waals surface area contributed by atoms with Crippen molar-refractivity contribution in [1.82, 2.24) is 0 Å². The van der Waals surface area contributed by atoms with Crippen LogP contribution in [0.2, 0.25) is 0 Å². The molecule has 5 aliphatic rings. The Morgan fingerprint density at radius 3 is 2.23 bits per heavy atom. The van der Waals surface area contributed by atoms with Gasteiger partial charge in [0.15, 0.2) is 0 Å². The summed E-state index contributed by atoms with van der Waals surface area (Å²) in [6, 6.07) is 0. The zero-order valence-electron chi connectivity index (χ0n) is 21.9. The van der Waals surface area contributed by atoms with E-state index in [4.69, 9.17) is 0 Å². The highest BCUT2D eigenvalue weighted by Crippen LogP contribution is 2.76. The number of allylic oxidation sites excluding steroid dienone is 2. The molecule has 176 valence electrons. The van der Waals surface area contributed by atoms with Crippen LogP contribution in [-0.2, 0) is 0 Å². The topological polar surface area (TPSA) is 20.2 Å². The molecule has 0 amide bonds. The molecule has 5 aliphatic carbocycles. The molecular weight excluding hydrogens is 376 g/mol. The van der Waals surface area contributed by atoms with E-state index in [1.807, 2.05) is 0 Å². The third kappa shape index (κ3) is 2.65. The molecule has 0 radical (unpaired) electrons. The Labute approximate surface area is 192 Å². The second-order valence-corrected chi connectivity index (χ2v) is 14.7. The SMILES string of the molecule is CC1=CC[C@]2(C)CC[C@@]3(C)[C@H](CC[C@H]4[C@]5(C)CC[C@H](O)C(C)(C)[C@H]5CC[C@]43C)[C@@H]2[C@H]1C. The number of hydrogen-bond donors (Lipinski definition) is 1. The van der Waals surface area contributed by atoms with Gasteiger partial charge in [0.2, 0.25) is 0 Å². The molecule has 0 aromatic heterocycles. The maximum atomic E-state index is 10.9. The summed E-state index contributed by atoms with van der Waals surface area (Å²) in [6.07, 6.45) is 14.5. The fraction of sp³-hybridized carbons (Fsp3) is 0.933. The number of hydrogen-bond acceptors (Lipinski definition) is 1. The molecule has 4 saturated carbocycles. The summed E-state index contributed by atoms with van der Waals surface area (Å²) >= 11 is 0. The van der Waals surface area contributed by atoms with Crippen LogP contribution in [0.3, 0.4) is 0 Å². The highest BCUT2D eigenvalue weighted by molar-refractivity contribution is 5.22. The Morgan fingerprint density at radius 1 is 0.806 bits per heavy atom. The van der Waals surface area contributed by atoms with E-state index in [1.165, 1.54) is 51.4 Å². The van der Waals surface area contributed by atoms with Crippen LogP contribution in [0.1, 0.15) is 113 Å². The molecule has 10 atom stereocenters. The quantitative estimate of drug-likeness (QED) is 0.389. The first-order chi connectivity index (χ1) is 14.3. The van der Waals surface area contributed by atoms with E-state index in [0.717, 1.165) is 30.1 Å². The monoisotopic (exact) mass is 426 g/mol. The predicted octanol–water partition coefficient (Wildman–Crippen LogP) is 8.02. The number of aliphatic hydroxyl groups excluding tert-OH is 1. The smallest absolute Gasteiger partial charge is 0.0594 e. The van der Waals surface area contributed by atoms with E-state index in [-0.39, 0.29) is 11.5 Å². The number of fused-ring (bicyclic) bond motifs is 7. The summed E-state index contributed by atoms with van der Waals surface area (Å²) in [4.78, 5) is 0. The van der Waals surface area contributed by atoms with Crippen molar-refractivity contribution in [3.8, 4) is 0 Å². The van der Waals surface area contributed by atoms with Crippen LogP contribution < -0.4 is 0 Å². The molecule has 0 saturated heterocycles. The highest BCUT2D eigenvalue weighted by atomic mass is 16.3. The molecule has 0 spiro atoms. The van der Waals surface area contributed by atoms with Crippen LogP contribution in [0.5, 0.6) is 0 Å². The van der Waals surface area contributed by atoms with Crippen LogP contribution in [0, 0.1) is 56.7 Å². The van der Waals surface area contributed by atoms with Gasteiger partial charge < -0.3 is 5.11 Å². The fourth-order valence-corrected chi connectivity index (χ4v) is 11.3. The van der Waals surface area contributed by atoms with Gasteiger partial charge >= 0.3 is 0 Å². The van der Waals surface area contributed by atoms with E-state index in [0.29, 0.717) is 27.6 Å². The zero-order valence-corrected chi connectivity index (χ0v) is 21.9. The maximum absolute atomic E-state index is 10.9. The minimum atomic E-state index is -0.116. The van der Waals surface area contributed by atoms with Crippen LogP contribution in [0.25, 0.3) is 0 Å². The molecule has 0 aromatic rings. The Bertz CT molecular complexity index is 779. The van der Waals surface area contributed by atoms with Gasteiger partial charge in [-0.3, -0.25) is 0 Å². The van der Waals surface area contributed by atoms with Crippen LogP contribution in [-0.4, -0.2) is 11.2 Å². The van der Waals surface area contributed by atoms with Crippen LogP contribution >= 0.6 is 0 Å². The molecule has 1 nitrogen and oxygen atoms in total. The largest absolute Gasteiger partial charge is 0.393 e. The van der Waals surface area contributed by atoms with Gasteiger partial charge in [-0.25, -0.2) is 0 Å². The van der Waals surface area contributed by atoms with Gasteiger partial charge in [0.05, 0.1) is 6.10 Å². The van der Waals surface area contributed by atoms with Gasteiger partial charge in [0, 0.05) is 0 Å². The molecule has 1 heteroatoms. The first kappa shape index (κ1) is 22.5. The molecule has 4 fully saturated rings. The summed E-state index contributed by atoms with van der Waals surface area (Å²) in [6.45, 7) is 20.5. The van der Waals surface area contributed by atoms with Crippen molar-refractivity contribution in [3.05, 3.63) is 11.6 Å². The Morgan fingerprint density at radius 2 is 1.52 bits per heavy atom. The summed E-state index contributed by atoms with van der Waals surface area (Å²) in [5.41, 5.74) is 3.58. The normalized spacial score (nSPS) is 58.3. The van der Waals surface area contributed by atoms with Crippen molar-refractivity contribution in [1.29, 1.82) is 0 Å². The second kappa shape index (κ2) is 6.64. The molecular formula is C30H50O. The molecule has 0 aromatic carbocycles. The standard InChI is InChI=1S/C30H50O/c1-19-11-14-27(5)17-18-29(7)21(25(27)20(19)2)9-10-23-28(6)15-13-24(31)26(3,4)22(28)12-16-30(23,29)8/h11,20-25,31H,9-10,12-18H2,1-8H3/t20-,21+,22+,23-,24-,25-,27+,28+,29-,30+/m0/s1. The first-order valence-electron chi connectivity index (χ1n) is 13.7. The van der Waals surface area contributed by atoms with Crippen LogP contribution in [0.4, 0.5) is 0 Å². The third-order valence-electron chi connectivity index (χ3n) is 13.5. The van der Waals surface area contributed by atoms with Crippen molar-refractivity contribution in [2.24, 2.45) is 56.7 Å². The minimum absolute atomic E-state index is 0.0665. The van der Waals surface area contributed by atoms with Gasteiger partial charge in [0.1, 0.15) is 0 Å². The van der Waals surface area contributed by atoms with E-state index in [9.17, 15) is 5.11 Å². The Hall–Kier alpha value is -0.300. The lowest BCUT2D eigenvalue weighted by Crippen LogP contribution is -2.67. The fourth-order valence-electron chi connectivity index (χ4n) is 11.3. The predicted molar refractivity (Wildman–Crippen MR) is 131 cm³/mol. The number of rotatable bonds is 0. The average molecular weight is 427 g/mol. The van der Waals surface area contributed by atoms with E-state index >= 15 is 0 Å². The third-order valence-corrected chi connectivity index (χ3v) is 13.5. The lowest BCUT2D eigenvalue weighted by atomic mass is 9.31. The first-order valence-corrected chi connectivity index (χ1v) is 13.7. The average Bonchev–Trinajstić information content (AvgIpc) is 2.69. The lowest BCUT2D eigenvalue weighted by molar-refractivity contribution is -0.250. The summed E-state index contributed by atoms with van der Waals surface area (Å²) in [5.74, 6) is 4.00. The Kier molecular flexibility index (Phi) is 4.82. The molecule has 0 heterocycles. The molecule has 1 N–H and O–H groups in total. The van der Waals surface area contributed by atoms with Gasteiger partial charge in [-0.1, -0.05) is 60.1 Å². The second-order valence-electron chi connectivity index (χ2n) is 14.7. The van der Waals surface area contributed by atoms with Gasteiger partial charge in [-0.05, 0) is 121 Å². The minimum Gasteiger partial charge on any atom is -0.393 e. The lowest BCUT2D eigenvalue weighted by Gasteiger charge is -2.73. The number of aliphatic hydroxyl groups is 1. The molecule has 5 rings (SSSR count). The van der Waals surface area contributed by atoms with Crippen molar-refractivity contribution < 1.29 is 5.11 Å². The summed E-state index contributed by atoms with van der Waals surface area (Å²) in [5, 5.41) is 10.9.